The van der Waals surface area contributed by atoms with Crippen LogP contribution in [0.15, 0.2) is 24.3 Å². The average Bonchev–Trinajstić information content (AvgIpc) is 3.10. The zero-order valence-corrected chi connectivity index (χ0v) is 14.7. The van der Waals surface area contributed by atoms with Crippen LogP contribution in [0.2, 0.25) is 0 Å². The number of aliphatic hydroxyl groups excluding tert-OH is 1. The maximum Gasteiger partial charge on any atom is 0.270 e. The third-order valence-corrected chi connectivity index (χ3v) is 5.68. The molecule has 2 saturated heterocycles. The zero-order valence-electron chi connectivity index (χ0n) is 14.7. The van der Waals surface area contributed by atoms with Gasteiger partial charge in [0, 0.05) is 30.5 Å². The highest BCUT2D eigenvalue weighted by molar-refractivity contribution is 6.00. The second kappa shape index (κ2) is 6.32. The number of piperidine rings is 2. The SMILES string of the molecule is COc1cccc2[nH]c(C(=O)N3CC[C@@H](O)[C@@]4(CCCNC4=O)C3)cc12. The summed E-state index contributed by atoms with van der Waals surface area (Å²) < 4.78 is 5.35. The molecule has 7 heteroatoms. The summed E-state index contributed by atoms with van der Waals surface area (Å²) >= 11 is 0. The highest BCUT2D eigenvalue weighted by Gasteiger charge is 2.50. The van der Waals surface area contributed by atoms with Crippen molar-refractivity contribution in [3.05, 3.63) is 30.0 Å². The van der Waals surface area contributed by atoms with Crippen LogP contribution in [-0.2, 0) is 4.79 Å². The lowest BCUT2D eigenvalue weighted by Gasteiger charge is -2.46. The number of ether oxygens (including phenoxy) is 1. The minimum atomic E-state index is -0.893. The van der Waals surface area contributed by atoms with Crippen LogP contribution in [0.3, 0.4) is 0 Å². The van der Waals surface area contributed by atoms with E-state index < -0.39 is 11.5 Å². The normalized spacial score (nSPS) is 26.2. The lowest BCUT2D eigenvalue weighted by Crippen LogP contribution is -2.62. The van der Waals surface area contributed by atoms with Gasteiger partial charge in [-0.3, -0.25) is 9.59 Å². The van der Waals surface area contributed by atoms with Crippen LogP contribution in [0.5, 0.6) is 5.75 Å². The number of carbonyl (C=O) groups excluding carboxylic acids is 2. The maximum atomic E-state index is 13.0. The van der Waals surface area contributed by atoms with Gasteiger partial charge in [0.05, 0.1) is 18.6 Å². The van der Waals surface area contributed by atoms with Gasteiger partial charge in [-0.2, -0.15) is 0 Å². The van der Waals surface area contributed by atoms with E-state index >= 15 is 0 Å². The van der Waals surface area contributed by atoms with E-state index in [2.05, 4.69) is 10.3 Å². The number of hydrogen-bond donors (Lipinski definition) is 3. The van der Waals surface area contributed by atoms with Gasteiger partial charge < -0.3 is 25.0 Å². The number of benzene rings is 1. The molecule has 0 aliphatic carbocycles. The number of aromatic amines is 1. The largest absolute Gasteiger partial charge is 0.496 e. The molecule has 1 aromatic heterocycles. The molecule has 2 aromatic rings. The Morgan fingerprint density at radius 1 is 1.42 bits per heavy atom. The zero-order chi connectivity index (χ0) is 18.3. The summed E-state index contributed by atoms with van der Waals surface area (Å²) in [5.74, 6) is 0.398. The Morgan fingerprint density at radius 2 is 2.27 bits per heavy atom. The highest BCUT2D eigenvalue weighted by atomic mass is 16.5. The van der Waals surface area contributed by atoms with Crippen molar-refractivity contribution in [2.45, 2.75) is 25.4 Å². The van der Waals surface area contributed by atoms with Crippen LogP contribution >= 0.6 is 0 Å². The van der Waals surface area contributed by atoms with E-state index in [1.54, 1.807) is 18.1 Å². The van der Waals surface area contributed by atoms with E-state index in [1.807, 2.05) is 18.2 Å². The number of fused-ring (bicyclic) bond motifs is 1. The monoisotopic (exact) mass is 357 g/mol. The van der Waals surface area contributed by atoms with E-state index in [9.17, 15) is 14.7 Å². The molecule has 1 spiro atoms. The molecule has 2 atom stereocenters. The molecular weight excluding hydrogens is 334 g/mol. The molecule has 7 nitrogen and oxygen atoms in total. The molecule has 2 aliphatic heterocycles. The Bertz CT molecular complexity index is 862. The fourth-order valence-corrected chi connectivity index (χ4v) is 4.21. The Balaban J connectivity index is 1.63. The van der Waals surface area contributed by atoms with Crippen LogP contribution in [0, 0.1) is 5.41 Å². The number of rotatable bonds is 2. The number of methoxy groups -OCH3 is 1. The number of hydrogen-bond acceptors (Lipinski definition) is 4. The summed E-state index contributed by atoms with van der Waals surface area (Å²) in [6.45, 7) is 1.30. The predicted octanol–water partition coefficient (Wildman–Crippen LogP) is 1.28. The van der Waals surface area contributed by atoms with Crippen molar-refractivity contribution in [2.24, 2.45) is 5.41 Å². The van der Waals surface area contributed by atoms with E-state index in [4.69, 9.17) is 4.74 Å². The van der Waals surface area contributed by atoms with Crippen LogP contribution < -0.4 is 10.1 Å². The summed E-state index contributed by atoms with van der Waals surface area (Å²) in [4.78, 5) is 30.3. The average molecular weight is 357 g/mol. The molecule has 0 radical (unpaired) electrons. The van der Waals surface area contributed by atoms with Crippen LogP contribution in [0.1, 0.15) is 29.8 Å². The lowest BCUT2D eigenvalue weighted by molar-refractivity contribution is -0.147. The standard InChI is InChI=1S/C19H23N3O4/c1-26-15-5-2-4-13-12(15)10-14(21-13)17(24)22-9-6-16(23)19(11-22)7-3-8-20-18(19)25/h2,4-5,10,16,21,23H,3,6-9,11H2,1H3,(H,20,25)/t16-,19-/m1/s1. The van der Waals surface area contributed by atoms with Gasteiger partial charge in [-0.05, 0) is 37.5 Å². The number of aromatic nitrogens is 1. The van der Waals surface area contributed by atoms with Crippen molar-refractivity contribution in [3.8, 4) is 5.75 Å². The Labute approximate surface area is 151 Å². The van der Waals surface area contributed by atoms with Gasteiger partial charge in [0.15, 0.2) is 0 Å². The molecule has 2 aliphatic rings. The van der Waals surface area contributed by atoms with Crippen molar-refractivity contribution < 1.29 is 19.4 Å². The third kappa shape index (κ3) is 2.54. The molecule has 3 heterocycles. The van der Waals surface area contributed by atoms with Crippen molar-refractivity contribution in [1.29, 1.82) is 0 Å². The minimum absolute atomic E-state index is 0.146. The minimum Gasteiger partial charge on any atom is -0.496 e. The molecular formula is C19H23N3O4. The molecule has 4 rings (SSSR count). The van der Waals surface area contributed by atoms with Crippen molar-refractivity contribution in [1.82, 2.24) is 15.2 Å². The first-order valence-electron chi connectivity index (χ1n) is 8.96. The molecule has 3 N–H and O–H groups in total. The van der Waals surface area contributed by atoms with Crippen molar-refractivity contribution in [2.75, 3.05) is 26.7 Å². The Kier molecular flexibility index (Phi) is 4.11. The van der Waals surface area contributed by atoms with Crippen molar-refractivity contribution >= 4 is 22.7 Å². The van der Waals surface area contributed by atoms with Gasteiger partial charge in [0.1, 0.15) is 11.4 Å². The van der Waals surface area contributed by atoms with E-state index in [1.165, 1.54) is 0 Å². The highest BCUT2D eigenvalue weighted by Crippen LogP contribution is 2.38. The molecule has 138 valence electrons. The van der Waals surface area contributed by atoms with Crippen molar-refractivity contribution in [3.63, 3.8) is 0 Å². The van der Waals surface area contributed by atoms with E-state index in [0.717, 1.165) is 17.3 Å². The van der Waals surface area contributed by atoms with E-state index in [0.29, 0.717) is 37.4 Å². The quantitative estimate of drug-likeness (QED) is 0.755. The van der Waals surface area contributed by atoms with Gasteiger partial charge in [0.2, 0.25) is 5.91 Å². The summed E-state index contributed by atoms with van der Waals surface area (Å²) in [7, 11) is 1.60. The summed E-state index contributed by atoms with van der Waals surface area (Å²) in [6, 6.07) is 7.40. The molecule has 0 unspecified atom stereocenters. The third-order valence-electron chi connectivity index (χ3n) is 5.68. The number of carbonyl (C=O) groups is 2. The van der Waals surface area contributed by atoms with Crippen LogP contribution in [0.4, 0.5) is 0 Å². The first kappa shape index (κ1) is 16.9. The van der Waals surface area contributed by atoms with E-state index in [-0.39, 0.29) is 18.4 Å². The number of H-pyrrole nitrogens is 1. The predicted molar refractivity (Wildman–Crippen MR) is 96.1 cm³/mol. The number of nitrogens with zero attached hydrogens (tertiary/aromatic N) is 1. The fraction of sp³-hybridized carbons (Fsp3) is 0.474. The molecule has 0 saturated carbocycles. The van der Waals surface area contributed by atoms with Crippen LogP contribution in [-0.4, -0.2) is 59.7 Å². The molecule has 26 heavy (non-hydrogen) atoms. The summed E-state index contributed by atoms with van der Waals surface area (Å²) in [5, 5.41) is 14.2. The maximum absolute atomic E-state index is 13.0. The first-order valence-corrected chi connectivity index (χ1v) is 8.96. The second-order valence-corrected chi connectivity index (χ2v) is 7.15. The number of likely N-dealkylation sites (tertiary alicyclic amines) is 1. The van der Waals surface area contributed by atoms with Gasteiger partial charge in [0.25, 0.3) is 5.91 Å². The second-order valence-electron chi connectivity index (χ2n) is 7.15. The number of amides is 2. The van der Waals surface area contributed by atoms with Gasteiger partial charge in [-0.15, -0.1) is 0 Å². The molecule has 2 amide bonds. The smallest absolute Gasteiger partial charge is 0.270 e. The van der Waals surface area contributed by atoms with Gasteiger partial charge in [-0.1, -0.05) is 6.07 Å². The molecule has 1 aromatic carbocycles. The topological polar surface area (TPSA) is 94.7 Å². The summed E-state index contributed by atoms with van der Waals surface area (Å²) in [6.07, 6.45) is 1.11. The number of nitrogens with one attached hydrogen (secondary N) is 2. The first-order chi connectivity index (χ1) is 12.5. The summed E-state index contributed by atoms with van der Waals surface area (Å²) in [5.41, 5.74) is 0.401. The van der Waals surface area contributed by atoms with Gasteiger partial charge >= 0.3 is 0 Å². The Hall–Kier alpha value is -2.54. The van der Waals surface area contributed by atoms with Gasteiger partial charge in [-0.25, -0.2) is 0 Å². The molecule has 2 fully saturated rings. The lowest BCUT2D eigenvalue weighted by atomic mass is 9.71. The number of aliphatic hydroxyl groups is 1. The van der Waals surface area contributed by atoms with Crippen LogP contribution in [0.25, 0.3) is 10.9 Å². The fourth-order valence-electron chi connectivity index (χ4n) is 4.21. The molecule has 0 bridgehead atoms. The Morgan fingerprint density at radius 3 is 3.04 bits per heavy atom.